The van der Waals surface area contributed by atoms with Gasteiger partial charge in [0.25, 0.3) is 0 Å². The Labute approximate surface area is 221 Å². The van der Waals surface area contributed by atoms with Crippen molar-refractivity contribution in [3.8, 4) is 28.4 Å². The molecule has 4 nitrogen and oxygen atoms in total. The normalized spacial score (nSPS) is 11.5. The molecule has 0 aromatic heterocycles. The third-order valence-electron chi connectivity index (χ3n) is 5.46. The number of phenolic OH excluding ortho intramolecular Hbond substituents is 1. The number of ether oxygens (including phenoxy) is 1. The topological polar surface area (TPSA) is 63.6 Å². The number of benzene rings is 4. The molecule has 0 fully saturated rings. The fraction of sp³-hybridized carbons (Fsp3) is 0.250. The van der Waals surface area contributed by atoms with Crippen LogP contribution in [0.2, 0.25) is 0 Å². The summed E-state index contributed by atoms with van der Waals surface area (Å²) >= 11 is 0. The number of phenols is 1. The van der Waals surface area contributed by atoms with Gasteiger partial charge in [0.05, 0.1) is 9.79 Å². The molecule has 0 amide bonds. The zero-order valence-electron chi connectivity index (χ0n) is 22.4. The summed E-state index contributed by atoms with van der Waals surface area (Å²) in [5, 5.41) is 9.43. The van der Waals surface area contributed by atoms with Crippen LogP contribution in [0.4, 0.5) is 0 Å². The lowest BCUT2D eigenvalue weighted by Crippen LogP contribution is -2.11. The Bertz CT molecular complexity index is 1380. The van der Waals surface area contributed by atoms with Crippen LogP contribution in [-0.2, 0) is 15.3 Å². The van der Waals surface area contributed by atoms with E-state index < -0.39 is 9.84 Å². The molecule has 1 N–H and O–H groups in total. The van der Waals surface area contributed by atoms with Gasteiger partial charge in [0.15, 0.2) is 0 Å². The second kappa shape index (κ2) is 11.7. The summed E-state index contributed by atoms with van der Waals surface area (Å²) in [6.07, 6.45) is 0. The van der Waals surface area contributed by atoms with E-state index in [1.165, 1.54) is 0 Å². The van der Waals surface area contributed by atoms with Crippen LogP contribution in [0.3, 0.4) is 0 Å². The van der Waals surface area contributed by atoms with E-state index in [9.17, 15) is 13.5 Å². The zero-order chi connectivity index (χ0) is 27.2. The molecule has 0 radical (unpaired) electrons. The van der Waals surface area contributed by atoms with E-state index in [0.29, 0.717) is 11.5 Å². The Balaban J connectivity index is 0.000000886. The Kier molecular flexibility index (Phi) is 8.82. The lowest BCUT2D eigenvalue weighted by molar-refractivity contribution is 0.475. The molecule has 0 aliphatic carbocycles. The first-order valence-electron chi connectivity index (χ1n) is 12.4. The molecule has 0 saturated heterocycles. The van der Waals surface area contributed by atoms with E-state index in [2.05, 4.69) is 41.5 Å². The van der Waals surface area contributed by atoms with E-state index in [1.54, 1.807) is 48.5 Å². The van der Waals surface area contributed by atoms with Gasteiger partial charge in [0.1, 0.15) is 17.2 Å². The number of hydrogen-bond acceptors (Lipinski definition) is 4. The molecule has 0 aliphatic heterocycles. The van der Waals surface area contributed by atoms with Crippen LogP contribution in [-0.4, -0.2) is 13.5 Å². The molecule has 0 aliphatic rings. The summed E-state index contributed by atoms with van der Waals surface area (Å²) in [6, 6.07) is 28.1. The summed E-state index contributed by atoms with van der Waals surface area (Å²) in [5.74, 6) is 2.26. The highest BCUT2D eigenvalue weighted by atomic mass is 32.2. The van der Waals surface area contributed by atoms with Crippen molar-refractivity contribution in [3.63, 3.8) is 0 Å². The summed E-state index contributed by atoms with van der Waals surface area (Å²) in [4.78, 5) is 0.495. The van der Waals surface area contributed by atoms with Gasteiger partial charge in [-0.3, -0.25) is 0 Å². The molecule has 0 saturated carbocycles. The van der Waals surface area contributed by atoms with Gasteiger partial charge in [-0.15, -0.1) is 0 Å². The summed E-state index contributed by atoms with van der Waals surface area (Å²) in [7, 11) is -3.60. The number of rotatable bonds is 5. The maximum Gasteiger partial charge on any atom is 0.206 e. The molecule has 0 spiro atoms. The Morgan fingerprint density at radius 3 is 1.38 bits per heavy atom. The van der Waals surface area contributed by atoms with Crippen molar-refractivity contribution in [2.75, 3.05) is 0 Å². The minimum Gasteiger partial charge on any atom is -0.508 e. The van der Waals surface area contributed by atoms with Gasteiger partial charge in [-0.25, -0.2) is 8.42 Å². The molecule has 0 atom stereocenters. The number of sulfone groups is 1. The lowest BCUT2D eigenvalue weighted by atomic mass is 9.87. The first kappa shape index (κ1) is 28.0. The fourth-order valence-electron chi connectivity index (χ4n) is 3.46. The van der Waals surface area contributed by atoms with Gasteiger partial charge in [-0.05, 0) is 88.7 Å². The van der Waals surface area contributed by atoms with Crippen LogP contribution in [0.5, 0.6) is 17.2 Å². The summed E-state index contributed by atoms with van der Waals surface area (Å²) < 4.78 is 31.9. The highest BCUT2D eigenvalue weighted by Gasteiger charge is 2.20. The van der Waals surface area contributed by atoms with Crippen molar-refractivity contribution in [3.05, 3.63) is 103 Å². The Morgan fingerprint density at radius 2 is 0.973 bits per heavy atom. The quantitative estimate of drug-likeness (QED) is 0.288. The SMILES string of the molecule is CC(C)(C)c1ccc(S(=O)(=O)c2ccc(Oc3ccc(-c4ccc(O)cc4)cc3)cc2)cc1.CC(C)C. The smallest absolute Gasteiger partial charge is 0.206 e. The van der Waals surface area contributed by atoms with E-state index >= 15 is 0 Å². The van der Waals surface area contributed by atoms with Crippen LogP contribution in [0.25, 0.3) is 11.1 Å². The third-order valence-corrected chi connectivity index (χ3v) is 7.24. The highest BCUT2D eigenvalue weighted by molar-refractivity contribution is 7.91. The van der Waals surface area contributed by atoms with E-state index in [-0.39, 0.29) is 21.0 Å². The maximum atomic E-state index is 13.0. The van der Waals surface area contributed by atoms with Gasteiger partial charge in [0, 0.05) is 0 Å². The molecule has 37 heavy (non-hydrogen) atoms. The number of aromatic hydroxyl groups is 1. The molecule has 194 valence electrons. The highest BCUT2D eigenvalue weighted by Crippen LogP contribution is 2.30. The standard InChI is InChI=1S/C28H26O4S.C4H10/c1-28(2,3)22-8-16-26(17-9-22)33(30,31)27-18-14-25(15-19-27)32-24-12-6-21(7-13-24)20-4-10-23(29)11-5-20;1-4(2)3/h4-19,29H,1-3H3;4H,1-3H3. The third kappa shape index (κ3) is 7.70. The molecule has 4 aromatic carbocycles. The molecule has 4 rings (SSSR count). The molecule has 0 unspecified atom stereocenters. The van der Waals surface area contributed by atoms with Gasteiger partial charge in [0.2, 0.25) is 9.84 Å². The molecular formula is C32H36O4S. The molecule has 0 heterocycles. The zero-order valence-corrected chi connectivity index (χ0v) is 23.2. The van der Waals surface area contributed by atoms with Crippen molar-refractivity contribution in [2.24, 2.45) is 5.92 Å². The van der Waals surface area contributed by atoms with Crippen molar-refractivity contribution >= 4 is 9.84 Å². The average Bonchev–Trinajstić information content (AvgIpc) is 2.85. The summed E-state index contributed by atoms with van der Waals surface area (Å²) in [6.45, 7) is 12.8. The fourth-order valence-corrected chi connectivity index (χ4v) is 4.72. The Hall–Kier alpha value is -3.57. The van der Waals surface area contributed by atoms with Crippen LogP contribution in [0.15, 0.2) is 107 Å². The number of hydrogen-bond donors (Lipinski definition) is 1. The van der Waals surface area contributed by atoms with Crippen LogP contribution in [0, 0.1) is 5.92 Å². The van der Waals surface area contributed by atoms with Crippen LogP contribution in [0.1, 0.15) is 47.1 Å². The average molecular weight is 517 g/mol. The first-order valence-corrected chi connectivity index (χ1v) is 13.9. The molecular weight excluding hydrogens is 480 g/mol. The van der Waals surface area contributed by atoms with E-state index in [1.807, 2.05) is 48.5 Å². The van der Waals surface area contributed by atoms with Crippen molar-refractivity contribution in [1.82, 2.24) is 0 Å². The largest absolute Gasteiger partial charge is 0.508 e. The van der Waals surface area contributed by atoms with Gasteiger partial charge in [-0.1, -0.05) is 77.9 Å². The van der Waals surface area contributed by atoms with E-state index in [4.69, 9.17) is 4.74 Å². The van der Waals surface area contributed by atoms with Crippen molar-refractivity contribution in [1.29, 1.82) is 0 Å². The molecule has 5 heteroatoms. The van der Waals surface area contributed by atoms with E-state index in [0.717, 1.165) is 22.6 Å². The second-order valence-corrected chi connectivity index (χ2v) is 12.6. The van der Waals surface area contributed by atoms with Crippen LogP contribution < -0.4 is 4.74 Å². The van der Waals surface area contributed by atoms with Gasteiger partial charge in [-0.2, -0.15) is 0 Å². The first-order chi connectivity index (χ1) is 17.4. The Morgan fingerprint density at radius 1 is 0.622 bits per heavy atom. The second-order valence-electron chi connectivity index (χ2n) is 10.7. The minimum absolute atomic E-state index is 0.0382. The van der Waals surface area contributed by atoms with Crippen LogP contribution >= 0.6 is 0 Å². The van der Waals surface area contributed by atoms with Crippen molar-refractivity contribution < 1.29 is 18.3 Å². The monoisotopic (exact) mass is 516 g/mol. The molecule has 4 aromatic rings. The predicted molar refractivity (Wildman–Crippen MR) is 151 cm³/mol. The lowest BCUT2D eigenvalue weighted by Gasteiger charge is -2.19. The summed E-state index contributed by atoms with van der Waals surface area (Å²) in [5.41, 5.74) is 3.04. The van der Waals surface area contributed by atoms with Gasteiger partial charge < -0.3 is 9.84 Å². The van der Waals surface area contributed by atoms with Gasteiger partial charge >= 0.3 is 0 Å². The predicted octanol–water partition coefficient (Wildman–Crippen LogP) is 8.64. The van der Waals surface area contributed by atoms with Crippen molar-refractivity contribution in [2.45, 2.75) is 56.7 Å². The molecule has 0 bridgehead atoms. The minimum atomic E-state index is -3.60. The maximum absolute atomic E-state index is 13.0.